The van der Waals surface area contributed by atoms with Gasteiger partial charge in [-0.1, -0.05) is 43.1 Å². The highest BCUT2D eigenvalue weighted by molar-refractivity contribution is 6.31. The van der Waals surface area contributed by atoms with Crippen LogP contribution in [0.15, 0.2) is 30.5 Å². The van der Waals surface area contributed by atoms with Gasteiger partial charge in [0.2, 0.25) is 11.8 Å². The number of aliphatic hydroxyl groups is 1. The van der Waals surface area contributed by atoms with Crippen molar-refractivity contribution in [3.8, 4) is 0 Å². The van der Waals surface area contributed by atoms with E-state index in [0.29, 0.717) is 42.0 Å². The van der Waals surface area contributed by atoms with Gasteiger partial charge in [-0.05, 0) is 80.2 Å². The zero-order valence-corrected chi connectivity index (χ0v) is 25.5. The largest absolute Gasteiger partial charge is 0.394 e. The van der Waals surface area contributed by atoms with Crippen LogP contribution in [-0.4, -0.2) is 58.3 Å². The monoisotopic (exact) mass is 618 g/mol. The van der Waals surface area contributed by atoms with Gasteiger partial charge in [0.25, 0.3) is 0 Å². The average molecular weight is 620 g/mol. The number of hydrogen-bond acceptors (Lipinski definition) is 6. The summed E-state index contributed by atoms with van der Waals surface area (Å²) >= 11 is 12.6. The third-order valence-corrected chi connectivity index (χ3v) is 10.8. The SMILES string of the molecule is C[C@H]1O[C@H](CO)CC[C@H]1NC(=O)[C@@H]1NC2(CCC(C)(C)CC2)[C@@]2(C(=O)Nc3cc(Cl)ccc32)[C@H]1c1ccnc(Cl)c1F. The lowest BCUT2D eigenvalue weighted by atomic mass is 9.53. The highest BCUT2D eigenvalue weighted by atomic mass is 35.5. The van der Waals surface area contributed by atoms with E-state index in [2.05, 4.69) is 34.8 Å². The van der Waals surface area contributed by atoms with Gasteiger partial charge in [0.05, 0.1) is 30.9 Å². The van der Waals surface area contributed by atoms with E-state index in [1.165, 1.54) is 12.3 Å². The van der Waals surface area contributed by atoms with Crippen LogP contribution in [0.5, 0.6) is 0 Å². The number of rotatable bonds is 4. The van der Waals surface area contributed by atoms with Crippen LogP contribution in [-0.2, 0) is 19.7 Å². The van der Waals surface area contributed by atoms with Gasteiger partial charge in [0.15, 0.2) is 11.0 Å². The Labute approximate surface area is 255 Å². The zero-order valence-electron chi connectivity index (χ0n) is 24.0. The predicted octanol–water partition coefficient (Wildman–Crippen LogP) is 4.86. The Kier molecular flexibility index (Phi) is 7.58. The second-order valence-electron chi connectivity index (χ2n) is 13.1. The molecular formula is C31H37Cl2FN4O4. The lowest BCUT2D eigenvalue weighted by molar-refractivity contribution is -0.129. The van der Waals surface area contributed by atoms with E-state index in [4.69, 9.17) is 27.9 Å². The van der Waals surface area contributed by atoms with Gasteiger partial charge in [-0.25, -0.2) is 9.37 Å². The molecule has 0 radical (unpaired) electrons. The summed E-state index contributed by atoms with van der Waals surface area (Å²) in [7, 11) is 0. The Balaban J connectivity index is 1.51. The van der Waals surface area contributed by atoms with Crippen molar-refractivity contribution in [1.29, 1.82) is 0 Å². The van der Waals surface area contributed by atoms with Crippen LogP contribution in [0, 0.1) is 11.2 Å². The van der Waals surface area contributed by atoms with Crippen molar-refractivity contribution in [3.05, 3.63) is 57.6 Å². The van der Waals surface area contributed by atoms with E-state index in [1.807, 2.05) is 13.0 Å². The molecule has 42 heavy (non-hydrogen) atoms. The second kappa shape index (κ2) is 10.7. The smallest absolute Gasteiger partial charge is 0.238 e. The number of nitrogens with zero attached hydrogens (tertiary/aromatic N) is 1. The quantitative estimate of drug-likeness (QED) is 0.364. The summed E-state index contributed by atoms with van der Waals surface area (Å²) in [4.78, 5) is 32.8. The molecule has 1 aromatic carbocycles. The number of carbonyl (C=O) groups excluding carboxylic acids is 2. The molecular weight excluding hydrogens is 582 g/mol. The fourth-order valence-electron chi connectivity index (χ4n) is 7.99. The van der Waals surface area contributed by atoms with Gasteiger partial charge < -0.3 is 20.5 Å². The highest BCUT2D eigenvalue weighted by Crippen LogP contribution is 2.64. The molecule has 6 atom stereocenters. The van der Waals surface area contributed by atoms with E-state index >= 15 is 4.39 Å². The van der Waals surface area contributed by atoms with Crippen LogP contribution in [0.3, 0.4) is 0 Å². The first-order valence-electron chi connectivity index (χ1n) is 14.7. The Morgan fingerprint density at radius 3 is 2.62 bits per heavy atom. The summed E-state index contributed by atoms with van der Waals surface area (Å²) in [6, 6.07) is 5.54. The second-order valence-corrected chi connectivity index (χ2v) is 13.9. The molecule has 4 N–H and O–H groups in total. The first kappa shape index (κ1) is 29.8. The molecule has 3 aliphatic heterocycles. The fourth-order valence-corrected chi connectivity index (χ4v) is 8.33. The van der Waals surface area contributed by atoms with Crippen molar-refractivity contribution in [1.82, 2.24) is 15.6 Å². The molecule has 2 amide bonds. The van der Waals surface area contributed by atoms with Crippen molar-refractivity contribution in [2.45, 2.75) is 100 Å². The van der Waals surface area contributed by atoms with Crippen LogP contribution in [0.1, 0.15) is 76.3 Å². The standard InChI is InChI=1S/C31H37Cl2FN4O4/c1-16-21(7-5-18(15-39)42-16)36-27(40)25-23(19-8-13-35-26(33)24(19)34)31(30(38-25)11-9-29(2,3)10-12-30)20-6-4-17(32)14-22(20)37-28(31)41/h4,6,8,13-14,16,18,21,23,25,38-39H,5,7,9-12,15H2,1-3H3,(H,36,40)(H,37,41)/t16-,18+,21-,23+,25-,31-/m1/s1. The average Bonchev–Trinajstić information content (AvgIpc) is 3.41. The van der Waals surface area contributed by atoms with Gasteiger partial charge in [0, 0.05) is 28.4 Å². The number of fused-ring (bicyclic) bond motifs is 3. The zero-order chi connectivity index (χ0) is 30.0. The normalized spacial score (nSPS) is 33.0. The number of pyridine rings is 1. The summed E-state index contributed by atoms with van der Waals surface area (Å²) in [5, 5.41) is 19.6. The van der Waals surface area contributed by atoms with E-state index < -0.39 is 28.7 Å². The van der Waals surface area contributed by atoms with Crippen LogP contribution >= 0.6 is 23.2 Å². The van der Waals surface area contributed by atoms with Gasteiger partial charge >= 0.3 is 0 Å². The van der Waals surface area contributed by atoms with Crippen molar-refractivity contribution in [2.75, 3.05) is 11.9 Å². The molecule has 2 aromatic rings. The summed E-state index contributed by atoms with van der Waals surface area (Å²) in [5.74, 6) is -2.32. The van der Waals surface area contributed by atoms with Gasteiger partial charge in [-0.2, -0.15) is 0 Å². The van der Waals surface area contributed by atoms with Crippen LogP contribution in [0.25, 0.3) is 0 Å². The molecule has 3 fully saturated rings. The lowest BCUT2D eigenvalue weighted by Gasteiger charge is -2.50. The molecule has 8 nitrogen and oxygen atoms in total. The number of halogens is 3. The Morgan fingerprint density at radius 1 is 1.19 bits per heavy atom. The maximum absolute atomic E-state index is 16.0. The van der Waals surface area contributed by atoms with Crippen molar-refractivity contribution < 1.29 is 23.8 Å². The molecule has 1 saturated carbocycles. The maximum Gasteiger partial charge on any atom is 0.238 e. The Morgan fingerprint density at radius 2 is 1.93 bits per heavy atom. The minimum atomic E-state index is -1.33. The Hall–Kier alpha value is -2.30. The van der Waals surface area contributed by atoms with E-state index in [9.17, 15) is 14.7 Å². The van der Waals surface area contributed by atoms with Crippen LogP contribution in [0.2, 0.25) is 10.2 Å². The molecule has 2 spiro atoms. The molecule has 4 aliphatic rings. The van der Waals surface area contributed by atoms with Gasteiger partial charge in [-0.15, -0.1) is 0 Å². The number of anilines is 1. The summed E-state index contributed by atoms with van der Waals surface area (Å²) in [6.07, 6.45) is 4.88. The number of nitrogens with one attached hydrogen (secondary N) is 3. The molecule has 4 heterocycles. The van der Waals surface area contributed by atoms with Crippen molar-refractivity contribution in [3.63, 3.8) is 0 Å². The molecule has 1 aromatic heterocycles. The van der Waals surface area contributed by atoms with Gasteiger partial charge in [-0.3, -0.25) is 14.9 Å². The Bertz CT molecular complexity index is 1410. The van der Waals surface area contributed by atoms with E-state index in [1.54, 1.807) is 12.1 Å². The summed E-state index contributed by atoms with van der Waals surface area (Å²) in [6.45, 7) is 6.19. The van der Waals surface area contributed by atoms with Crippen molar-refractivity contribution in [2.24, 2.45) is 5.41 Å². The number of amides is 2. The maximum atomic E-state index is 16.0. The number of aliphatic hydroxyl groups excluding tert-OH is 1. The van der Waals surface area contributed by atoms with Crippen molar-refractivity contribution >= 4 is 40.7 Å². The topological polar surface area (TPSA) is 113 Å². The molecule has 0 unspecified atom stereocenters. The molecule has 2 saturated heterocycles. The fraction of sp³-hybridized carbons (Fsp3) is 0.581. The minimum absolute atomic E-state index is 0.0468. The molecule has 1 aliphatic carbocycles. The number of aromatic nitrogens is 1. The van der Waals surface area contributed by atoms with Gasteiger partial charge in [0.1, 0.15) is 5.41 Å². The van der Waals surface area contributed by atoms with Crippen LogP contribution in [0.4, 0.5) is 10.1 Å². The molecule has 11 heteroatoms. The molecule has 0 bridgehead atoms. The number of benzene rings is 1. The van der Waals surface area contributed by atoms with E-state index in [-0.39, 0.29) is 52.8 Å². The molecule has 6 rings (SSSR count). The van der Waals surface area contributed by atoms with E-state index in [0.717, 1.165) is 12.8 Å². The van der Waals surface area contributed by atoms with Crippen LogP contribution < -0.4 is 16.0 Å². The third-order valence-electron chi connectivity index (χ3n) is 10.3. The minimum Gasteiger partial charge on any atom is -0.394 e. The predicted molar refractivity (Wildman–Crippen MR) is 158 cm³/mol. The number of ether oxygens (including phenoxy) is 1. The number of hydrogen-bond donors (Lipinski definition) is 4. The summed E-state index contributed by atoms with van der Waals surface area (Å²) < 4.78 is 21.9. The number of carbonyl (C=O) groups is 2. The molecule has 226 valence electrons. The summed E-state index contributed by atoms with van der Waals surface area (Å²) in [5.41, 5.74) is -0.710. The third kappa shape index (κ3) is 4.54. The first-order valence-corrected chi connectivity index (χ1v) is 15.4. The highest BCUT2D eigenvalue weighted by Gasteiger charge is 2.73. The first-order chi connectivity index (χ1) is 19.9. The lowest BCUT2D eigenvalue weighted by Crippen LogP contribution is -2.61.